The van der Waals surface area contributed by atoms with Gasteiger partial charge >= 0.3 is 0 Å². The molecule has 0 aliphatic rings. The summed E-state index contributed by atoms with van der Waals surface area (Å²) in [5.41, 5.74) is 1.16. The largest absolute Gasteiger partial charge is 0.345 e. The van der Waals surface area contributed by atoms with E-state index in [4.69, 9.17) is 0 Å². The molecule has 2 N–H and O–H groups in total. The maximum absolute atomic E-state index is 13.6. The molecule has 0 aliphatic carbocycles. The van der Waals surface area contributed by atoms with E-state index in [1.54, 1.807) is 34.3 Å². The van der Waals surface area contributed by atoms with E-state index in [0.717, 1.165) is 10.8 Å². The van der Waals surface area contributed by atoms with Crippen LogP contribution in [-0.4, -0.2) is 37.3 Å². The van der Waals surface area contributed by atoms with Gasteiger partial charge in [0.1, 0.15) is 5.82 Å². The smallest absolute Gasteiger partial charge is 0.252 e. The monoisotopic (exact) mass is 518 g/mol. The number of rotatable bonds is 8. The van der Waals surface area contributed by atoms with Crippen LogP contribution in [0.25, 0.3) is 16.5 Å². The molecule has 5 aromatic rings. The SMILES string of the molecule is O=C(CSc1nnc(CNC(=O)c2cccc3ccccc23)n1-c1ccc(F)cc1)Nc1nccs1. The third kappa shape index (κ3) is 5.26. The Labute approximate surface area is 213 Å². The van der Waals surface area contributed by atoms with Gasteiger partial charge in [-0.05, 0) is 41.1 Å². The van der Waals surface area contributed by atoms with E-state index in [1.807, 2.05) is 36.4 Å². The summed E-state index contributed by atoms with van der Waals surface area (Å²) in [5.74, 6) is -0.360. The maximum atomic E-state index is 13.6. The molecule has 36 heavy (non-hydrogen) atoms. The minimum Gasteiger partial charge on any atom is -0.345 e. The molecule has 2 heterocycles. The van der Waals surface area contributed by atoms with Gasteiger partial charge in [-0.2, -0.15) is 0 Å². The fraction of sp³-hybridized carbons (Fsp3) is 0.0800. The van der Waals surface area contributed by atoms with Gasteiger partial charge < -0.3 is 10.6 Å². The van der Waals surface area contributed by atoms with Gasteiger partial charge in [-0.1, -0.05) is 48.2 Å². The van der Waals surface area contributed by atoms with Crippen LogP contribution in [0.4, 0.5) is 9.52 Å². The van der Waals surface area contributed by atoms with Crippen LogP contribution in [0.3, 0.4) is 0 Å². The summed E-state index contributed by atoms with van der Waals surface area (Å²) < 4.78 is 15.3. The normalized spacial score (nSPS) is 10.9. The molecule has 8 nitrogen and oxygen atoms in total. The molecule has 180 valence electrons. The second-order valence-corrected chi connectivity index (χ2v) is 9.43. The molecule has 0 aliphatic heterocycles. The minimum atomic E-state index is -0.380. The van der Waals surface area contributed by atoms with E-state index in [-0.39, 0.29) is 29.9 Å². The number of thioether (sulfide) groups is 1. The Morgan fingerprint density at radius 3 is 2.61 bits per heavy atom. The lowest BCUT2D eigenvalue weighted by Gasteiger charge is -2.12. The van der Waals surface area contributed by atoms with E-state index in [0.29, 0.717) is 27.4 Å². The molecule has 0 bridgehead atoms. The number of hydrogen-bond donors (Lipinski definition) is 2. The van der Waals surface area contributed by atoms with Crippen LogP contribution in [0.1, 0.15) is 16.2 Å². The molecule has 0 spiro atoms. The zero-order chi connectivity index (χ0) is 24.9. The second kappa shape index (κ2) is 10.7. The van der Waals surface area contributed by atoms with Crippen molar-refractivity contribution in [2.75, 3.05) is 11.1 Å². The molecular weight excluding hydrogens is 499 g/mol. The minimum absolute atomic E-state index is 0.0707. The summed E-state index contributed by atoms with van der Waals surface area (Å²) in [5, 5.41) is 18.6. The summed E-state index contributed by atoms with van der Waals surface area (Å²) in [6.07, 6.45) is 1.61. The van der Waals surface area contributed by atoms with Crippen LogP contribution >= 0.6 is 23.1 Å². The zero-order valence-electron chi connectivity index (χ0n) is 18.7. The number of carbonyl (C=O) groups is 2. The number of fused-ring (bicyclic) bond motifs is 1. The molecule has 2 aromatic heterocycles. The molecule has 11 heteroatoms. The highest BCUT2D eigenvalue weighted by atomic mass is 32.2. The summed E-state index contributed by atoms with van der Waals surface area (Å²) in [4.78, 5) is 29.4. The number of halogens is 1. The number of thiazole rings is 1. The molecule has 3 aromatic carbocycles. The third-order valence-corrected chi connectivity index (χ3v) is 6.86. The number of aromatic nitrogens is 4. The first-order valence-electron chi connectivity index (χ1n) is 10.9. The number of amides is 2. The number of nitrogens with one attached hydrogen (secondary N) is 2. The average Bonchev–Trinajstić information content (AvgIpc) is 3.56. The highest BCUT2D eigenvalue weighted by Gasteiger charge is 2.18. The van der Waals surface area contributed by atoms with Gasteiger partial charge in [0.25, 0.3) is 5.91 Å². The van der Waals surface area contributed by atoms with Gasteiger partial charge in [0.05, 0.1) is 12.3 Å². The average molecular weight is 519 g/mol. The van der Waals surface area contributed by atoms with E-state index < -0.39 is 0 Å². The van der Waals surface area contributed by atoms with E-state index in [1.165, 1.54) is 35.2 Å². The first kappa shape index (κ1) is 23.6. The molecule has 0 unspecified atom stereocenters. The molecule has 0 saturated heterocycles. The zero-order valence-corrected chi connectivity index (χ0v) is 20.4. The first-order valence-corrected chi connectivity index (χ1v) is 12.7. The number of nitrogens with zero attached hydrogens (tertiary/aromatic N) is 4. The van der Waals surface area contributed by atoms with Crippen molar-refractivity contribution in [1.29, 1.82) is 0 Å². The van der Waals surface area contributed by atoms with Gasteiger partial charge in [0, 0.05) is 22.8 Å². The van der Waals surface area contributed by atoms with E-state index in [9.17, 15) is 14.0 Å². The molecule has 0 fully saturated rings. The Kier molecular flexibility index (Phi) is 7.01. The highest BCUT2D eigenvalue weighted by Crippen LogP contribution is 2.24. The Morgan fingerprint density at radius 1 is 1.00 bits per heavy atom. The lowest BCUT2D eigenvalue weighted by atomic mass is 10.0. The van der Waals surface area contributed by atoms with Gasteiger partial charge in [0.15, 0.2) is 16.1 Å². The quantitative estimate of drug-likeness (QED) is 0.289. The topological polar surface area (TPSA) is 102 Å². The van der Waals surface area contributed by atoms with Crippen LogP contribution in [0, 0.1) is 5.82 Å². The molecular formula is C25H19FN6O2S2. The first-order chi connectivity index (χ1) is 17.6. The van der Waals surface area contributed by atoms with E-state index in [2.05, 4.69) is 25.8 Å². The van der Waals surface area contributed by atoms with Gasteiger partial charge in [-0.3, -0.25) is 14.2 Å². The van der Waals surface area contributed by atoms with Gasteiger partial charge in [0.2, 0.25) is 5.91 Å². The van der Waals surface area contributed by atoms with Crippen LogP contribution in [-0.2, 0) is 11.3 Å². The summed E-state index contributed by atoms with van der Waals surface area (Å²) in [6.45, 7) is 0.0816. The van der Waals surface area contributed by atoms with Crippen molar-refractivity contribution in [1.82, 2.24) is 25.1 Å². The standard InChI is InChI=1S/C25H19FN6O2S2/c26-17-8-10-18(11-9-17)32-21(30-31-25(32)36-15-22(33)29-24-27-12-13-35-24)14-28-23(34)20-7-3-5-16-4-1-2-6-19(16)20/h1-13H,14-15H2,(H,28,34)(H,27,29,33). The van der Waals surface area contributed by atoms with Crippen molar-refractivity contribution in [2.24, 2.45) is 0 Å². The Hall–Kier alpha value is -4.09. The summed E-state index contributed by atoms with van der Waals surface area (Å²) >= 11 is 2.50. The second-order valence-electron chi connectivity index (χ2n) is 7.59. The summed E-state index contributed by atoms with van der Waals surface area (Å²) in [7, 11) is 0. The van der Waals surface area contributed by atoms with E-state index >= 15 is 0 Å². The van der Waals surface area contributed by atoms with Crippen molar-refractivity contribution < 1.29 is 14.0 Å². The fourth-order valence-electron chi connectivity index (χ4n) is 3.61. The van der Waals surface area contributed by atoms with Crippen molar-refractivity contribution in [3.8, 4) is 5.69 Å². The van der Waals surface area contributed by atoms with Crippen LogP contribution in [0.5, 0.6) is 0 Å². The van der Waals surface area contributed by atoms with Crippen molar-refractivity contribution in [2.45, 2.75) is 11.7 Å². The Morgan fingerprint density at radius 2 is 1.81 bits per heavy atom. The number of benzene rings is 3. The van der Waals surface area contributed by atoms with Crippen LogP contribution in [0.2, 0.25) is 0 Å². The molecule has 0 radical (unpaired) electrons. The fourth-order valence-corrected chi connectivity index (χ4v) is 4.92. The highest BCUT2D eigenvalue weighted by molar-refractivity contribution is 7.99. The van der Waals surface area contributed by atoms with Gasteiger partial charge in [-0.25, -0.2) is 9.37 Å². The predicted octanol–water partition coefficient (Wildman–Crippen LogP) is 4.68. The Balaban J connectivity index is 1.36. The lowest BCUT2D eigenvalue weighted by molar-refractivity contribution is -0.113. The van der Waals surface area contributed by atoms with Crippen molar-refractivity contribution in [3.63, 3.8) is 0 Å². The maximum Gasteiger partial charge on any atom is 0.252 e. The van der Waals surface area contributed by atoms with Gasteiger partial charge in [-0.15, -0.1) is 21.5 Å². The summed E-state index contributed by atoms with van der Waals surface area (Å²) in [6, 6.07) is 19.1. The van der Waals surface area contributed by atoms with Crippen LogP contribution < -0.4 is 10.6 Å². The van der Waals surface area contributed by atoms with Crippen molar-refractivity contribution in [3.05, 3.63) is 95.5 Å². The van der Waals surface area contributed by atoms with Crippen LogP contribution in [0.15, 0.2) is 83.5 Å². The Bertz CT molecular complexity index is 1510. The molecule has 0 saturated carbocycles. The number of hydrogen-bond acceptors (Lipinski definition) is 7. The number of anilines is 1. The predicted molar refractivity (Wildman–Crippen MR) is 138 cm³/mol. The number of carbonyl (C=O) groups excluding carboxylic acids is 2. The molecule has 0 atom stereocenters. The molecule has 2 amide bonds. The third-order valence-electron chi connectivity index (χ3n) is 5.24. The molecule has 5 rings (SSSR count). The lowest BCUT2D eigenvalue weighted by Crippen LogP contribution is -2.25. The van der Waals surface area contributed by atoms with Crippen molar-refractivity contribution >= 4 is 50.8 Å².